The van der Waals surface area contributed by atoms with Gasteiger partial charge in [0.1, 0.15) is 11.6 Å². The van der Waals surface area contributed by atoms with Crippen molar-refractivity contribution >= 4 is 29.0 Å². The van der Waals surface area contributed by atoms with E-state index < -0.39 is 22.8 Å². The van der Waals surface area contributed by atoms with Crippen LogP contribution in [0, 0.1) is 17.8 Å². The number of aromatic nitrogens is 1. The first kappa shape index (κ1) is 18.1. The van der Waals surface area contributed by atoms with E-state index in [2.05, 4.69) is 4.98 Å². The van der Waals surface area contributed by atoms with Crippen molar-refractivity contribution in [1.82, 2.24) is 4.98 Å². The molecule has 1 aromatic rings. The van der Waals surface area contributed by atoms with Gasteiger partial charge in [-0.1, -0.05) is 0 Å². The van der Waals surface area contributed by atoms with Crippen molar-refractivity contribution in [1.29, 1.82) is 0 Å². The molecule has 2 atom stereocenters. The molecule has 0 saturated heterocycles. The fourth-order valence-electron chi connectivity index (χ4n) is 3.65. The van der Waals surface area contributed by atoms with Gasteiger partial charge < -0.3 is 4.74 Å². The summed E-state index contributed by atoms with van der Waals surface area (Å²) in [5.74, 6) is -3.37. The minimum absolute atomic E-state index is 0.0560. The Kier molecular flexibility index (Phi) is 4.72. The Labute approximate surface area is 147 Å². The number of nitrogens with zero attached hydrogens (tertiary/aromatic N) is 1. The number of halogens is 3. The van der Waals surface area contributed by atoms with E-state index in [-0.39, 0.29) is 41.3 Å². The van der Waals surface area contributed by atoms with Gasteiger partial charge in [0.05, 0.1) is 12.3 Å². The molecule has 2 unspecified atom stereocenters. The molecular formula is C17H16ClF2NO4. The van der Waals surface area contributed by atoms with Crippen LogP contribution < -0.4 is 0 Å². The predicted molar refractivity (Wildman–Crippen MR) is 83.4 cm³/mol. The van der Waals surface area contributed by atoms with Gasteiger partial charge in [0.15, 0.2) is 17.3 Å². The predicted octanol–water partition coefficient (Wildman–Crippen LogP) is 2.88. The number of carbonyl (C=O) groups excluding carboxylic acids is 3. The van der Waals surface area contributed by atoms with Crippen LogP contribution in [0.5, 0.6) is 0 Å². The molecule has 2 aliphatic carbocycles. The maximum absolute atomic E-state index is 13.3. The number of hydrogen-bond acceptors (Lipinski definition) is 5. The van der Waals surface area contributed by atoms with Gasteiger partial charge in [0.25, 0.3) is 0 Å². The standard InChI is InChI=1S/C17H16ClF2NO4/c1-25-7-11-10(4-5-12(21-11)17(18,19)20)16(24)13-14(22)8-2-3-9(6-8)15(13)23/h4-5,8-9,13H,2-3,6-7H2,1H3. The largest absolute Gasteiger partial charge is 0.378 e. The van der Waals surface area contributed by atoms with Gasteiger partial charge in [-0.25, -0.2) is 4.98 Å². The zero-order valence-electron chi connectivity index (χ0n) is 13.4. The molecule has 3 rings (SSSR count). The first-order valence-corrected chi connectivity index (χ1v) is 8.29. The van der Waals surface area contributed by atoms with Crippen molar-refractivity contribution in [3.8, 4) is 0 Å². The van der Waals surface area contributed by atoms with Crippen LogP contribution in [0.1, 0.15) is 41.0 Å². The Bertz CT molecular complexity index is 725. The maximum atomic E-state index is 13.3. The van der Waals surface area contributed by atoms with E-state index in [4.69, 9.17) is 16.3 Å². The minimum atomic E-state index is -3.69. The van der Waals surface area contributed by atoms with Crippen molar-refractivity contribution in [3.63, 3.8) is 0 Å². The third-order valence-electron chi connectivity index (χ3n) is 4.88. The molecule has 2 aliphatic rings. The second-order valence-electron chi connectivity index (χ2n) is 6.43. The van der Waals surface area contributed by atoms with Crippen LogP contribution in [0.2, 0.25) is 0 Å². The Morgan fingerprint density at radius 1 is 1.28 bits per heavy atom. The van der Waals surface area contributed by atoms with Gasteiger partial charge in [-0.2, -0.15) is 8.78 Å². The summed E-state index contributed by atoms with van der Waals surface area (Å²) in [6, 6.07) is 2.05. The number of alkyl halides is 3. The van der Waals surface area contributed by atoms with Crippen molar-refractivity contribution in [2.24, 2.45) is 17.8 Å². The smallest absolute Gasteiger partial charge is 0.364 e. The average molecular weight is 372 g/mol. The van der Waals surface area contributed by atoms with Crippen LogP contribution in [0.15, 0.2) is 12.1 Å². The first-order chi connectivity index (χ1) is 11.7. The molecule has 25 heavy (non-hydrogen) atoms. The van der Waals surface area contributed by atoms with Gasteiger partial charge in [0, 0.05) is 24.5 Å². The van der Waals surface area contributed by atoms with Crippen LogP contribution in [-0.2, 0) is 26.3 Å². The fraction of sp³-hybridized carbons (Fsp3) is 0.529. The third-order valence-corrected chi connectivity index (χ3v) is 5.07. The number of fused-ring (bicyclic) bond motifs is 2. The molecule has 0 aromatic carbocycles. The van der Waals surface area contributed by atoms with E-state index in [1.807, 2.05) is 0 Å². The summed E-state index contributed by atoms with van der Waals surface area (Å²) in [7, 11) is 1.32. The van der Waals surface area contributed by atoms with E-state index in [1.165, 1.54) is 7.11 Å². The number of methoxy groups -OCH3 is 1. The molecule has 2 bridgehead atoms. The number of Topliss-reactive ketones (excluding diaryl/α,β-unsaturated/α-hetero) is 3. The average Bonchev–Trinajstić information content (AvgIpc) is 2.99. The topological polar surface area (TPSA) is 73.3 Å². The monoisotopic (exact) mass is 371 g/mol. The van der Waals surface area contributed by atoms with E-state index in [9.17, 15) is 23.2 Å². The van der Waals surface area contributed by atoms with Gasteiger partial charge in [-0.05, 0) is 43.0 Å². The number of ketones is 3. The lowest BCUT2D eigenvalue weighted by molar-refractivity contribution is -0.137. The van der Waals surface area contributed by atoms with Gasteiger partial charge in [0.2, 0.25) is 0 Å². The fourth-order valence-corrected chi connectivity index (χ4v) is 3.76. The van der Waals surface area contributed by atoms with Gasteiger partial charge >= 0.3 is 5.38 Å². The van der Waals surface area contributed by atoms with E-state index >= 15 is 0 Å². The molecule has 5 nitrogen and oxygen atoms in total. The van der Waals surface area contributed by atoms with Crippen LogP contribution in [0.3, 0.4) is 0 Å². The zero-order chi connectivity index (χ0) is 18.4. The normalized spacial score (nSPS) is 26.2. The summed E-state index contributed by atoms with van der Waals surface area (Å²) in [5, 5.41) is -3.69. The molecule has 0 N–H and O–H groups in total. The maximum Gasteiger partial charge on any atom is 0.364 e. The summed E-state index contributed by atoms with van der Waals surface area (Å²) >= 11 is 4.97. The molecule has 0 aliphatic heterocycles. The Morgan fingerprint density at radius 2 is 1.88 bits per heavy atom. The van der Waals surface area contributed by atoms with E-state index in [0.29, 0.717) is 19.3 Å². The number of rotatable bonds is 5. The van der Waals surface area contributed by atoms with Crippen LogP contribution >= 0.6 is 11.6 Å². The lowest BCUT2D eigenvalue weighted by Gasteiger charge is -2.25. The highest BCUT2D eigenvalue weighted by atomic mass is 35.5. The molecule has 2 saturated carbocycles. The molecule has 0 amide bonds. The highest BCUT2D eigenvalue weighted by Gasteiger charge is 2.50. The highest BCUT2D eigenvalue weighted by molar-refractivity contribution is 6.26. The second-order valence-corrected chi connectivity index (χ2v) is 6.91. The molecule has 0 radical (unpaired) electrons. The zero-order valence-corrected chi connectivity index (χ0v) is 14.2. The quantitative estimate of drug-likeness (QED) is 0.452. The molecule has 1 aromatic heterocycles. The number of hydrogen-bond donors (Lipinski definition) is 0. The summed E-state index contributed by atoms with van der Waals surface area (Å²) in [6.07, 6.45) is 1.72. The van der Waals surface area contributed by atoms with Crippen LogP contribution in [0.4, 0.5) is 8.78 Å². The lowest BCUT2D eigenvalue weighted by atomic mass is 9.75. The van der Waals surface area contributed by atoms with Crippen LogP contribution in [0.25, 0.3) is 0 Å². The Morgan fingerprint density at radius 3 is 2.40 bits per heavy atom. The van der Waals surface area contributed by atoms with Gasteiger partial charge in [-0.3, -0.25) is 14.4 Å². The molecule has 2 fully saturated rings. The van der Waals surface area contributed by atoms with Crippen molar-refractivity contribution in [2.75, 3.05) is 7.11 Å². The summed E-state index contributed by atoms with van der Waals surface area (Å²) in [6.45, 7) is -0.218. The van der Waals surface area contributed by atoms with Crippen LogP contribution in [-0.4, -0.2) is 29.4 Å². The Balaban J connectivity index is 1.99. The molecule has 8 heteroatoms. The van der Waals surface area contributed by atoms with Gasteiger partial charge in [-0.15, -0.1) is 0 Å². The first-order valence-electron chi connectivity index (χ1n) is 7.91. The molecule has 1 heterocycles. The SMILES string of the molecule is COCc1nc(C(F)(F)Cl)ccc1C(=O)C1C(=O)C2CCC(C2)C1=O. The van der Waals surface area contributed by atoms with E-state index in [0.717, 1.165) is 12.1 Å². The Hall–Kier alpha value is -1.73. The molecule has 0 spiro atoms. The second kappa shape index (κ2) is 6.53. The minimum Gasteiger partial charge on any atom is -0.378 e. The van der Waals surface area contributed by atoms with E-state index in [1.54, 1.807) is 0 Å². The molecular weight excluding hydrogens is 356 g/mol. The third kappa shape index (κ3) is 3.22. The number of ether oxygens (including phenoxy) is 1. The van der Waals surface area contributed by atoms with Crippen molar-refractivity contribution < 1.29 is 27.9 Å². The number of pyridine rings is 1. The van der Waals surface area contributed by atoms with Crippen molar-refractivity contribution in [2.45, 2.75) is 31.3 Å². The highest BCUT2D eigenvalue weighted by Crippen LogP contribution is 2.41. The lowest BCUT2D eigenvalue weighted by Crippen LogP contribution is -2.41. The number of carbonyl (C=O) groups is 3. The van der Waals surface area contributed by atoms with Crippen molar-refractivity contribution in [3.05, 3.63) is 29.1 Å². The summed E-state index contributed by atoms with van der Waals surface area (Å²) in [4.78, 5) is 41.5. The molecule has 134 valence electrons. The summed E-state index contributed by atoms with van der Waals surface area (Å²) in [5.41, 5.74) is -0.845. The summed E-state index contributed by atoms with van der Waals surface area (Å²) < 4.78 is 31.4.